The average Bonchev–Trinajstić information content (AvgIpc) is 2.34. The quantitative estimate of drug-likeness (QED) is 0.712. The molecule has 94 valence electrons. The fraction of sp³-hybridized carbons (Fsp3) is 0.500. The van der Waals surface area contributed by atoms with Crippen LogP contribution in [0, 0.1) is 5.92 Å². The first-order valence-corrected chi connectivity index (χ1v) is 5.86. The second kappa shape index (κ2) is 7.07. The summed E-state index contributed by atoms with van der Waals surface area (Å²) in [6, 6.07) is 9.81. The molecule has 0 unspecified atom stereocenters. The topological polar surface area (TPSA) is 35.5 Å². The molecule has 3 heteroatoms. The summed E-state index contributed by atoms with van der Waals surface area (Å²) in [7, 11) is 1.39. The summed E-state index contributed by atoms with van der Waals surface area (Å²) in [4.78, 5) is 11.5. The van der Waals surface area contributed by atoms with Crippen LogP contribution in [0.1, 0.15) is 25.8 Å². The second-order valence-electron chi connectivity index (χ2n) is 4.44. The summed E-state index contributed by atoms with van der Waals surface area (Å²) < 4.78 is 10.4. The van der Waals surface area contributed by atoms with E-state index in [9.17, 15) is 4.79 Å². The normalized spacial score (nSPS) is 12.5. The summed E-state index contributed by atoms with van der Waals surface area (Å²) in [6.07, 6.45) is 0.208. The van der Waals surface area contributed by atoms with Gasteiger partial charge in [-0.25, -0.2) is 4.79 Å². The molecule has 0 saturated heterocycles. The number of rotatable bonds is 6. The summed E-state index contributed by atoms with van der Waals surface area (Å²) >= 11 is 0. The van der Waals surface area contributed by atoms with Crippen molar-refractivity contribution in [3.05, 3.63) is 35.9 Å². The molecule has 1 aromatic rings. The monoisotopic (exact) mass is 236 g/mol. The van der Waals surface area contributed by atoms with E-state index in [1.165, 1.54) is 7.11 Å². The lowest BCUT2D eigenvalue weighted by Crippen LogP contribution is -2.27. The molecule has 0 radical (unpaired) electrons. The number of ether oxygens (including phenoxy) is 2. The van der Waals surface area contributed by atoms with E-state index >= 15 is 0 Å². The lowest BCUT2D eigenvalue weighted by atomic mass is 10.1. The molecule has 0 heterocycles. The van der Waals surface area contributed by atoms with Gasteiger partial charge in [-0.05, 0) is 17.9 Å². The van der Waals surface area contributed by atoms with Gasteiger partial charge in [0.15, 0.2) is 6.10 Å². The van der Waals surface area contributed by atoms with Crippen molar-refractivity contribution in [2.45, 2.75) is 33.0 Å². The third-order valence-corrected chi connectivity index (χ3v) is 2.44. The summed E-state index contributed by atoms with van der Waals surface area (Å²) in [5.74, 6) is 0.101. The number of hydrogen-bond acceptors (Lipinski definition) is 3. The smallest absolute Gasteiger partial charge is 0.334 e. The Balaban J connectivity index is 2.52. The molecule has 0 N–H and O–H groups in total. The van der Waals surface area contributed by atoms with Crippen molar-refractivity contribution in [3.63, 3.8) is 0 Å². The summed E-state index contributed by atoms with van der Waals surface area (Å²) in [6.45, 7) is 4.55. The van der Waals surface area contributed by atoms with Crippen molar-refractivity contribution in [1.29, 1.82) is 0 Å². The Kier molecular flexibility index (Phi) is 5.70. The van der Waals surface area contributed by atoms with Crippen LogP contribution in [0.4, 0.5) is 0 Å². The summed E-state index contributed by atoms with van der Waals surface area (Å²) in [5.41, 5.74) is 1.06. The number of methoxy groups -OCH3 is 1. The number of hydrogen-bond donors (Lipinski definition) is 0. The van der Waals surface area contributed by atoms with Gasteiger partial charge in [0.25, 0.3) is 0 Å². The van der Waals surface area contributed by atoms with Crippen LogP contribution in [0.15, 0.2) is 30.3 Å². The molecule has 0 aromatic heterocycles. The lowest BCUT2D eigenvalue weighted by molar-refractivity contribution is -0.156. The molecule has 0 aliphatic heterocycles. The molecule has 0 fully saturated rings. The Morgan fingerprint density at radius 2 is 1.88 bits per heavy atom. The Bertz CT molecular complexity index is 333. The van der Waals surface area contributed by atoms with Crippen molar-refractivity contribution in [1.82, 2.24) is 0 Å². The van der Waals surface area contributed by atoms with Gasteiger partial charge in [-0.15, -0.1) is 0 Å². The van der Waals surface area contributed by atoms with Crippen LogP contribution < -0.4 is 0 Å². The van der Waals surface area contributed by atoms with E-state index in [-0.39, 0.29) is 5.97 Å². The first kappa shape index (κ1) is 13.7. The van der Waals surface area contributed by atoms with Crippen LogP contribution in [-0.4, -0.2) is 19.2 Å². The molecule has 3 nitrogen and oxygen atoms in total. The molecule has 1 atom stereocenters. The molecule has 1 rings (SSSR count). The molecule has 0 amide bonds. The van der Waals surface area contributed by atoms with Gasteiger partial charge in [0.1, 0.15) is 0 Å². The van der Waals surface area contributed by atoms with Crippen molar-refractivity contribution < 1.29 is 14.3 Å². The number of carbonyl (C=O) groups is 1. The van der Waals surface area contributed by atoms with Crippen LogP contribution in [0.25, 0.3) is 0 Å². The van der Waals surface area contributed by atoms with Crippen LogP contribution >= 0.6 is 0 Å². The predicted molar refractivity (Wildman–Crippen MR) is 66.5 cm³/mol. The third-order valence-electron chi connectivity index (χ3n) is 2.44. The minimum Gasteiger partial charge on any atom is -0.467 e. The predicted octanol–water partition coefficient (Wildman–Crippen LogP) is 2.79. The van der Waals surface area contributed by atoms with Gasteiger partial charge in [-0.2, -0.15) is 0 Å². The second-order valence-corrected chi connectivity index (χ2v) is 4.44. The fourth-order valence-electron chi connectivity index (χ4n) is 1.56. The summed E-state index contributed by atoms with van der Waals surface area (Å²) in [5, 5.41) is 0. The Hall–Kier alpha value is -1.35. The Labute approximate surface area is 103 Å². The molecule has 1 aromatic carbocycles. The molecule has 0 saturated carbocycles. The van der Waals surface area contributed by atoms with E-state index in [1.54, 1.807) is 0 Å². The van der Waals surface area contributed by atoms with Gasteiger partial charge >= 0.3 is 5.97 Å². The van der Waals surface area contributed by atoms with Gasteiger partial charge in [0.05, 0.1) is 13.7 Å². The SMILES string of the molecule is COC(=O)[C@@H](CC(C)C)OCc1ccccc1. The van der Waals surface area contributed by atoms with E-state index < -0.39 is 6.10 Å². The van der Waals surface area contributed by atoms with Gasteiger partial charge in [0.2, 0.25) is 0 Å². The van der Waals surface area contributed by atoms with Crippen molar-refractivity contribution >= 4 is 5.97 Å². The first-order valence-electron chi connectivity index (χ1n) is 5.86. The van der Waals surface area contributed by atoms with E-state index in [0.717, 1.165) is 5.56 Å². The first-order chi connectivity index (χ1) is 8.13. The van der Waals surface area contributed by atoms with Crippen LogP contribution in [-0.2, 0) is 20.9 Å². The van der Waals surface area contributed by atoms with Crippen LogP contribution in [0.2, 0.25) is 0 Å². The van der Waals surface area contributed by atoms with Gasteiger partial charge in [-0.3, -0.25) is 0 Å². The van der Waals surface area contributed by atoms with Crippen LogP contribution in [0.3, 0.4) is 0 Å². The van der Waals surface area contributed by atoms with Crippen molar-refractivity contribution in [2.75, 3.05) is 7.11 Å². The molecule has 0 aliphatic carbocycles. The minimum atomic E-state index is -0.472. The van der Waals surface area contributed by atoms with Gasteiger partial charge in [0, 0.05) is 0 Å². The molecular weight excluding hydrogens is 216 g/mol. The zero-order valence-electron chi connectivity index (χ0n) is 10.7. The molecule has 0 bridgehead atoms. The number of benzene rings is 1. The highest BCUT2D eigenvalue weighted by Crippen LogP contribution is 2.12. The van der Waals surface area contributed by atoms with E-state index in [4.69, 9.17) is 9.47 Å². The third kappa shape index (κ3) is 5.00. The maximum Gasteiger partial charge on any atom is 0.334 e. The number of esters is 1. The van der Waals surface area contributed by atoms with E-state index in [2.05, 4.69) is 13.8 Å². The zero-order chi connectivity index (χ0) is 12.7. The van der Waals surface area contributed by atoms with Gasteiger partial charge < -0.3 is 9.47 Å². The van der Waals surface area contributed by atoms with Crippen LogP contribution in [0.5, 0.6) is 0 Å². The largest absolute Gasteiger partial charge is 0.467 e. The maximum absolute atomic E-state index is 11.5. The minimum absolute atomic E-state index is 0.297. The Morgan fingerprint density at radius 3 is 2.41 bits per heavy atom. The Morgan fingerprint density at radius 1 is 1.24 bits per heavy atom. The van der Waals surface area contributed by atoms with E-state index in [1.807, 2.05) is 30.3 Å². The maximum atomic E-state index is 11.5. The molecule has 0 aliphatic rings. The van der Waals surface area contributed by atoms with Crippen molar-refractivity contribution in [3.8, 4) is 0 Å². The highest BCUT2D eigenvalue weighted by molar-refractivity contribution is 5.74. The average molecular weight is 236 g/mol. The molecule has 0 spiro atoms. The van der Waals surface area contributed by atoms with Crippen molar-refractivity contribution in [2.24, 2.45) is 5.92 Å². The molecular formula is C14H20O3. The number of carbonyl (C=O) groups excluding carboxylic acids is 1. The molecule has 17 heavy (non-hydrogen) atoms. The van der Waals surface area contributed by atoms with E-state index in [0.29, 0.717) is 18.9 Å². The highest BCUT2D eigenvalue weighted by Gasteiger charge is 2.21. The van der Waals surface area contributed by atoms with Gasteiger partial charge in [-0.1, -0.05) is 44.2 Å². The zero-order valence-corrected chi connectivity index (χ0v) is 10.7. The lowest BCUT2D eigenvalue weighted by Gasteiger charge is -2.17. The highest BCUT2D eigenvalue weighted by atomic mass is 16.6. The standard InChI is InChI=1S/C14H20O3/c1-11(2)9-13(14(15)16-3)17-10-12-7-5-4-6-8-12/h4-8,11,13H,9-10H2,1-3H3/t13-/m1/s1. The fourth-order valence-corrected chi connectivity index (χ4v) is 1.56.